The van der Waals surface area contributed by atoms with Crippen molar-refractivity contribution in [3.8, 4) is 0 Å². The molecule has 0 fully saturated rings. The number of sulfonamides is 1. The number of hydrogen-bond acceptors (Lipinski definition) is 3. The molecule has 0 N–H and O–H groups in total. The molecule has 4 nitrogen and oxygen atoms in total. The van der Waals surface area contributed by atoms with Gasteiger partial charge in [-0.15, -0.1) is 0 Å². The fourth-order valence-corrected chi connectivity index (χ4v) is 3.38. The molecule has 0 spiro atoms. The van der Waals surface area contributed by atoms with E-state index in [1.807, 2.05) is 0 Å². The maximum atomic E-state index is 12.5. The number of halogens is 1. The molecule has 1 heterocycles. The Kier molecular flexibility index (Phi) is 4.44. The molecule has 2 aromatic rings. The molecule has 6 heteroatoms. The molecule has 0 bridgehead atoms. The second-order valence-electron chi connectivity index (χ2n) is 3.96. The molecule has 102 valence electrons. The smallest absolute Gasteiger partial charge is 0.243 e. The third kappa shape index (κ3) is 3.26. The normalized spacial score (nSPS) is 11.9. The molecule has 0 aliphatic rings. The minimum atomic E-state index is -3.49. The maximum absolute atomic E-state index is 12.5. The summed E-state index contributed by atoms with van der Waals surface area (Å²) in [5, 5.41) is 0. The molecule has 19 heavy (non-hydrogen) atoms. The first kappa shape index (κ1) is 14.3. The van der Waals surface area contributed by atoms with Gasteiger partial charge in [0.2, 0.25) is 10.0 Å². The lowest BCUT2D eigenvalue weighted by atomic mass is 10.4. The Morgan fingerprint density at radius 3 is 2.42 bits per heavy atom. The van der Waals surface area contributed by atoms with Gasteiger partial charge in [0.25, 0.3) is 0 Å². The number of rotatable bonds is 5. The van der Waals surface area contributed by atoms with Crippen molar-refractivity contribution in [1.29, 1.82) is 0 Å². The highest BCUT2D eigenvalue weighted by Gasteiger charge is 2.23. The number of benzene rings is 1. The fraction of sp³-hybridized carbons (Fsp3) is 0.231. The first-order chi connectivity index (χ1) is 9.04. The van der Waals surface area contributed by atoms with Crippen LogP contribution in [0.1, 0.15) is 12.7 Å². The average molecular weight is 344 g/mol. The molecular weight excluding hydrogens is 330 g/mol. The van der Waals surface area contributed by atoms with Crippen LogP contribution in [0, 0.1) is 0 Å². The van der Waals surface area contributed by atoms with Crippen LogP contribution in [0.2, 0.25) is 0 Å². The van der Waals surface area contributed by atoms with Gasteiger partial charge < -0.3 is 4.42 Å². The lowest BCUT2D eigenvalue weighted by Crippen LogP contribution is -2.30. The van der Waals surface area contributed by atoms with E-state index in [0.717, 1.165) is 4.47 Å². The molecule has 1 aromatic heterocycles. The zero-order chi connectivity index (χ0) is 13.9. The van der Waals surface area contributed by atoms with Gasteiger partial charge in [-0.1, -0.05) is 22.9 Å². The first-order valence-corrected chi connectivity index (χ1v) is 8.05. The highest BCUT2D eigenvalue weighted by Crippen LogP contribution is 2.20. The Morgan fingerprint density at radius 1 is 1.21 bits per heavy atom. The molecule has 0 atom stereocenters. The predicted octanol–water partition coefficient (Wildman–Crippen LogP) is 3.25. The van der Waals surface area contributed by atoms with Crippen molar-refractivity contribution >= 4 is 26.0 Å². The van der Waals surface area contributed by atoms with Crippen molar-refractivity contribution in [1.82, 2.24) is 4.31 Å². The van der Waals surface area contributed by atoms with Gasteiger partial charge in [-0.2, -0.15) is 4.31 Å². The van der Waals surface area contributed by atoms with Crippen LogP contribution in [0.5, 0.6) is 0 Å². The minimum Gasteiger partial charge on any atom is -0.468 e. The van der Waals surface area contributed by atoms with E-state index in [1.54, 1.807) is 43.3 Å². The fourth-order valence-electron chi connectivity index (χ4n) is 1.70. The van der Waals surface area contributed by atoms with Gasteiger partial charge in [-0.05, 0) is 36.4 Å². The monoisotopic (exact) mass is 343 g/mol. The number of furan rings is 1. The van der Waals surface area contributed by atoms with Gasteiger partial charge >= 0.3 is 0 Å². The van der Waals surface area contributed by atoms with Crippen LogP contribution in [0.4, 0.5) is 0 Å². The van der Waals surface area contributed by atoms with Crippen molar-refractivity contribution in [3.63, 3.8) is 0 Å². The van der Waals surface area contributed by atoms with Gasteiger partial charge in [0.15, 0.2) is 0 Å². The highest BCUT2D eigenvalue weighted by molar-refractivity contribution is 9.10. The van der Waals surface area contributed by atoms with Crippen molar-refractivity contribution in [3.05, 3.63) is 52.9 Å². The molecule has 0 radical (unpaired) electrons. The summed E-state index contributed by atoms with van der Waals surface area (Å²) in [7, 11) is -3.49. The summed E-state index contributed by atoms with van der Waals surface area (Å²) >= 11 is 3.29. The van der Waals surface area contributed by atoms with Crippen molar-refractivity contribution < 1.29 is 12.8 Å². The Labute approximate surface area is 121 Å². The molecule has 0 saturated heterocycles. The Morgan fingerprint density at radius 2 is 1.89 bits per heavy atom. The van der Waals surface area contributed by atoms with Crippen LogP contribution in [-0.4, -0.2) is 19.3 Å². The van der Waals surface area contributed by atoms with Crippen LogP contribution in [0.3, 0.4) is 0 Å². The van der Waals surface area contributed by atoms with Crippen LogP contribution in [-0.2, 0) is 16.6 Å². The summed E-state index contributed by atoms with van der Waals surface area (Å²) in [6.07, 6.45) is 1.54. The van der Waals surface area contributed by atoms with Crippen LogP contribution < -0.4 is 0 Å². The Hall–Kier alpha value is -1.11. The number of hydrogen-bond donors (Lipinski definition) is 0. The summed E-state index contributed by atoms with van der Waals surface area (Å²) in [5.74, 6) is 0.627. The molecule has 0 saturated carbocycles. The summed E-state index contributed by atoms with van der Waals surface area (Å²) in [4.78, 5) is 0.282. The van der Waals surface area contributed by atoms with E-state index in [4.69, 9.17) is 4.42 Å². The highest BCUT2D eigenvalue weighted by atomic mass is 79.9. The van der Waals surface area contributed by atoms with Crippen LogP contribution >= 0.6 is 15.9 Å². The third-order valence-corrected chi connectivity index (χ3v) is 5.18. The topological polar surface area (TPSA) is 50.5 Å². The van der Waals surface area contributed by atoms with Crippen LogP contribution in [0.25, 0.3) is 0 Å². The van der Waals surface area contributed by atoms with Crippen molar-refractivity contribution in [2.75, 3.05) is 6.54 Å². The zero-order valence-electron chi connectivity index (χ0n) is 10.4. The largest absolute Gasteiger partial charge is 0.468 e. The quantitative estimate of drug-likeness (QED) is 0.837. The maximum Gasteiger partial charge on any atom is 0.243 e. The van der Waals surface area contributed by atoms with E-state index in [1.165, 1.54) is 10.6 Å². The lowest BCUT2D eigenvalue weighted by molar-refractivity contribution is 0.375. The summed E-state index contributed by atoms with van der Waals surface area (Å²) in [6, 6.07) is 10.1. The molecular formula is C13H14BrNO3S. The summed E-state index contributed by atoms with van der Waals surface area (Å²) in [5.41, 5.74) is 0. The second kappa shape index (κ2) is 5.90. The second-order valence-corrected chi connectivity index (χ2v) is 6.82. The van der Waals surface area contributed by atoms with E-state index in [0.29, 0.717) is 12.3 Å². The minimum absolute atomic E-state index is 0.238. The van der Waals surface area contributed by atoms with Gasteiger partial charge in [0.1, 0.15) is 5.76 Å². The Bertz CT molecular complexity index is 620. The molecule has 0 aliphatic carbocycles. The molecule has 1 aromatic carbocycles. The van der Waals surface area contributed by atoms with E-state index >= 15 is 0 Å². The van der Waals surface area contributed by atoms with E-state index in [2.05, 4.69) is 15.9 Å². The average Bonchev–Trinajstić information content (AvgIpc) is 2.89. The van der Waals surface area contributed by atoms with Gasteiger partial charge in [0, 0.05) is 11.0 Å². The van der Waals surface area contributed by atoms with E-state index < -0.39 is 10.0 Å². The van der Waals surface area contributed by atoms with Crippen molar-refractivity contribution in [2.24, 2.45) is 0 Å². The Balaban J connectivity index is 2.28. The lowest BCUT2D eigenvalue weighted by Gasteiger charge is -2.19. The molecule has 0 unspecified atom stereocenters. The standard InChI is InChI=1S/C13H14BrNO3S/c1-2-15(10-12-4-3-9-18-12)19(16,17)13-7-5-11(14)6-8-13/h3-9H,2,10H2,1H3. The predicted molar refractivity (Wildman–Crippen MR) is 76.1 cm³/mol. The van der Waals surface area contributed by atoms with E-state index in [-0.39, 0.29) is 11.4 Å². The summed E-state index contributed by atoms with van der Waals surface area (Å²) < 4.78 is 32.4. The number of nitrogens with zero attached hydrogens (tertiary/aromatic N) is 1. The van der Waals surface area contributed by atoms with Gasteiger partial charge in [-0.25, -0.2) is 8.42 Å². The molecule has 2 rings (SSSR count). The van der Waals surface area contributed by atoms with Gasteiger partial charge in [-0.3, -0.25) is 0 Å². The molecule has 0 amide bonds. The SMILES string of the molecule is CCN(Cc1ccco1)S(=O)(=O)c1ccc(Br)cc1. The van der Waals surface area contributed by atoms with Crippen molar-refractivity contribution in [2.45, 2.75) is 18.4 Å². The van der Waals surface area contributed by atoms with Gasteiger partial charge in [0.05, 0.1) is 17.7 Å². The third-order valence-electron chi connectivity index (χ3n) is 2.72. The first-order valence-electron chi connectivity index (χ1n) is 5.82. The summed E-state index contributed by atoms with van der Waals surface area (Å²) in [6.45, 7) is 2.43. The molecule has 0 aliphatic heterocycles. The van der Waals surface area contributed by atoms with Crippen LogP contribution in [0.15, 0.2) is 56.4 Å². The zero-order valence-corrected chi connectivity index (χ0v) is 12.8. The van der Waals surface area contributed by atoms with E-state index in [9.17, 15) is 8.42 Å².